The van der Waals surface area contributed by atoms with Crippen LogP contribution in [0.15, 0.2) is 23.0 Å². The normalized spacial score (nSPS) is 22.1. The Morgan fingerprint density at radius 2 is 2.38 bits per heavy atom. The molecule has 1 amide bonds. The summed E-state index contributed by atoms with van der Waals surface area (Å²) in [7, 11) is 0. The lowest BCUT2D eigenvalue weighted by molar-refractivity contribution is 0.0876. The summed E-state index contributed by atoms with van der Waals surface area (Å²) in [6, 6.07) is 2.01. The molecule has 2 aromatic heterocycles. The molecule has 4 nitrogen and oxygen atoms in total. The molecule has 0 spiro atoms. The maximum absolute atomic E-state index is 12.2. The van der Waals surface area contributed by atoms with E-state index in [4.69, 9.17) is 0 Å². The zero-order chi connectivity index (χ0) is 14.7. The number of hydrogen-bond acceptors (Lipinski definition) is 5. The highest BCUT2D eigenvalue weighted by atomic mass is 32.1. The highest BCUT2D eigenvalue weighted by Crippen LogP contribution is 2.27. The molecule has 2 N–H and O–H groups in total. The number of aromatic nitrogens is 1. The fourth-order valence-corrected chi connectivity index (χ4v) is 4.21. The molecule has 0 saturated heterocycles. The van der Waals surface area contributed by atoms with Gasteiger partial charge in [0.25, 0.3) is 5.91 Å². The van der Waals surface area contributed by atoms with E-state index in [1.165, 1.54) is 11.3 Å². The lowest BCUT2D eigenvalue weighted by Crippen LogP contribution is -2.32. The Kier molecular flexibility index (Phi) is 4.67. The average Bonchev–Trinajstić information content (AvgIpc) is 3.15. The second-order valence-electron chi connectivity index (χ2n) is 5.44. The molecule has 0 radical (unpaired) electrons. The summed E-state index contributed by atoms with van der Waals surface area (Å²) in [5.41, 5.74) is 1.07. The molecule has 6 heteroatoms. The van der Waals surface area contributed by atoms with E-state index in [-0.39, 0.29) is 12.0 Å². The Bertz CT molecular complexity index is 595. The van der Waals surface area contributed by atoms with Crippen LogP contribution in [0.5, 0.6) is 0 Å². The number of aliphatic hydroxyl groups excluding tert-OH is 1. The molecule has 112 valence electrons. The third kappa shape index (κ3) is 3.70. The van der Waals surface area contributed by atoms with Crippen LogP contribution in [0.2, 0.25) is 0 Å². The molecule has 1 saturated carbocycles. The second-order valence-corrected chi connectivity index (χ2v) is 7.25. The Morgan fingerprint density at radius 3 is 3.14 bits per heavy atom. The number of amides is 1. The van der Waals surface area contributed by atoms with Crippen LogP contribution >= 0.6 is 22.7 Å². The highest BCUT2D eigenvalue weighted by Gasteiger charge is 2.21. The van der Waals surface area contributed by atoms with Crippen LogP contribution in [0, 0.1) is 5.92 Å². The SMILES string of the molecule is O=C(NCC1CCCC(O)C1)c1cnc(-c2ccsc2)s1. The Balaban J connectivity index is 1.56. The highest BCUT2D eigenvalue weighted by molar-refractivity contribution is 7.17. The smallest absolute Gasteiger partial charge is 0.263 e. The van der Waals surface area contributed by atoms with Gasteiger partial charge in [-0.05, 0) is 36.6 Å². The number of aliphatic hydroxyl groups is 1. The number of rotatable bonds is 4. The monoisotopic (exact) mass is 322 g/mol. The van der Waals surface area contributed by atoms with Crippen molar-refractivity contribution in [1.82, 2.24) is 10.3 Å². The first-order chi connectivity index (χ1) is 10.2. The van der Waals surface area contributed by atoms with E-state index >= 15 is 0 Å². The van der Waals surface area contributed by atoms with Crippen molar-refractivity contribution < 1.29 is 9.90 Å². The Morgan fingerprint density at radius 1 is 1.48 bits per heavy atom. The number of thiazole rings is 1. The van der Waals surface area contributed by atoms with Gasteiger partial charge in [-0.25, -0.2) is 4.98 Å². The molecule has 1 aliphatic rings. The van der Waals surface area contributed by atoms with Crippen molar-refractivity contribution in [3.63, 3.8) is 0 Å². The van der Waals surface area contributed by atoms with Gasteiger partial charge in [0.05, 0.1) is 12.3 Å². The van der Waals surface area contributed by atoms with Crippen LogP contribution in [0.1, 0.15) is 35.4 Å². The first kappa shape index (κ1) is 14.7. The van der Waals surface area contributed by atoms with Gasteiger partial charge in [-0.3, -0.25) is 4.79 Å². The van der Waals surface area contributed by atoms with Gasteiger partial charge in [0, 0.05) is 17.5 Å². The molecule has 2 aromatic rings. The van der Waals surface area contributed by atoms with Gasteiger partial charge in [0.15, 0.2) is 0 Å². The van der Waals surface area contributed by atoms with E-state index in [9.17, 15) is 9.90 Å². The third-order valence-corrected chi connectivity index (χ3v) is 5.53. The molecule has 1 aliphatic carbocycles. The van der Waals surface area contributed by atoms with E-state index in [1.807, 2.05) is 16.8 Å². The van der Waals surface area contributed by atoms with Crippen LogP contribution in [-0.4, -0.2) is 28.6 Å². The van der Waals surface area contributed by atoms with Crippen LogP contribution in [0.4, 0.5) is 0 Å². The first-order valence-electron chi connectivity index (χ1n) is 7.17. The third-order valence-electron chi connectivity index (χ3n) is 3.80. The molecule has 0 aliphatic heterocycles. The minimum absolute atomic E-state index is 0.0611. The summed E-state index contributed by atoms with van der Waals surface area (Å²) in [5, 5.41) is 17.5. The van der Waals surface area contributed by atoms with Gasteiger partial charge in [-0.15, -0.1) is 11.3 Å². The molecule has 0 aromatic carbocycles. The summed E-state index contributed by atoms with van der Waals surface area (Å²) >= 11 is 3.04. The summed E-state index contributed by atoms with van der Waals surface area (Å²) < 4.78 is 0. The zero-order valence-corrected chi connectivity index (χ0v) is 13.3. The standard InChI is InChI=1S/C15H18N2O2S2/c18-12-3-1-2-10(6-12)7-16-14(19)13-8-17-15(21-13)11-4-5-20-9-11/h4-5,8-10,12,18H,1-3,6-7H2,(H,16,19). The Hall–Kier alpha value is -1.24. The molecule has 21 heavy (non-hydrogen) atoms. The molecule has 1 fully saturated rings. The van der Waals surface area contributed by atoms with Crippen molar-refractivity contribution in [2.75, 3.05) is 6.54 Å². The van der Waals surface area contributed by atoms with Crippen LogP contribution in [-0.2, 0) is 0 Å². The lowest BCUT2D eigenvalue weighted by Gasteiger charge is -2.25. The van der Waals surface area contributed by atoms with Gasteiger partial charge in [0.2, 0.25) is 0 Å². The van der Waals surface area contributed by atoms with E-state index in [0.29, 0.717) is 17.3 Å². The van der Waals surface area contributed by atoms with Crippen LogP contribution in [0.3, 0.4) is 0 Å². The van der Waals surface area contributed by atoms with Crippen molar-refractivity contribution in [2.24, 2.45) is 5.92 Å². The quantitative estimate of drug-likeness (QED) is 0.909. The fourth-order valence-electron chi connectivity index (χ4n) is 2.67. The van der Waals surface area contributed by atoms with E-state index in [0.717, 1.165) is 36.3 Å². The molecule has 0 bridgehead atoms. The van der Waals surface area contributed by atoms with Gasteiger partial charge in [0.1, 0.15) is 9.88 Å². The molecule has 2 unspecified atom stereocenters. The second kappa shape index (κ2) is 6.68. The van der Waals surface area contributed by atoms with Crippen molar-refractivity contribution in [3.8, 4) is 10.6 Å². The topological polar surface area (TPSA) is 62.2 Å². The number of nitrogens with zero attached hydrogens (tertiary/aromatic N) is 1. The predicted molar refractivity (Wildman–Crippen MR) is 85.7 cm³/mol. The molecule has 2 heterocycles. The van der Waals surface area contributed by atoms with Gasteiger partial charge in [-0.2, -0.15) is 11.3 Å². The molecular weight excluding hydrogens is 304 g/mol. The Labute approximate surface area is 131 Å². The minimum atomic E-state index is -0.200. The maximum atomic E-state index is 12.2. The van der Waals surface area contributed by atoms with Gasteiger partial charge in [-0.1, -0.05) is 6.42 Å². The lowest BCUT2D eigenvalue weighted by atomic mass is 9.87. The molecule has 2 atom stereocenters. The first-order valence-corrected chi connectivity index (χ1v) is 8.93. The van der Waals surface area contributed by atoms with Crippen molar-refractivity contribution in [3.05, 3.63) is 27.9 Å². The summed E-state index contributed by atoms with van der Waals surface area (Å²) in [6.45, 7) is 0.640. The molecular formula is C15H18N2O2S2. The van der Waals surface area contributed by atoms with E-state index in [2.05, 4.69) is 10.3 Å². The number of carbonyl (C=O) groups is 1. The zero-order valence-electron chi connectivity index (χ0n) is 11.6. The maximum Gasteiger partial charge on any atom is 0.263 e. The fraction of sp³-hybridized carbons (Fsp3) is 0.467. The average molecular weight is 322 g/mol. The summed E-state index contributed by atoms with van der Waals surface area (Å²) in [6.07, 6.45) is 5.26. The number of thiophene rings is 1. The summed E-state index contributed by atoms with van der Waals surface area (Å²) in [4.78, 5) is 17.1. The van der Waals surface area contributed by atoms with Crippen molar-refractivity contribution in [2.45, 2.75) is 31.8 Å². The van der Waals surface area contributed by atoms with Crippen LogP contribution in [0.25, 0.3) is 10.6 Å². The number of hydrogen-bond donors (Lipinski definition) is 2. The van der Waals surface area contributed by atoms with Crippen LogP contribution < -0.4 is 5.32 Å². The number of carbonyl (C=O) groups excluding carboxylic acids is 1. The van der Waals surface area contributed by atoms with Gasteiger partial charge < -0.3 is 10.4 Å². The number of nitrogens with one attached hydrogen (secondary N) is 1. The van der Waals surface area contributed by atoms with Crippen molar-refractivity contribution in [1.29, 1.82) is 0 Å². The molecule has 3 rings (SSSR count). The van der Waals surface area contributed by atoms with E-state index in [1.54, 1.807) is 17.5 Å². The summed E-state index contributed by atoms with van der Waals surface area (Å²) in [5.74, 6) is 0.330. The predicted octanol–water partition coefficient (Wildman–Crippen LogP) is 3.15. The van der Waals surface area contributed by atoms with E-state index < -0.39 is 0 Å². The van der Waals surface area contributed by atoms with Crippen molar-refractivity contribution >= 4 is 28.6 Å². The van der Waals surface area contributed by atoms with Gasteiger partial charge >= 0.3 is 0 Å². The minimum Gasteiger partial charge on any atom is -0.393 e. The largest absolute Gasteiger partial charge is 0.393 e.